The maximum Gasteiger partial charge on any atom is 0.288 e. The van der Waals surface area contributed by atoms with Gasteiger partial charge in [0.1, 0.15) is 10.8 Å². The molecule has 9 nitrogen and oxygen atoms in total. The number of nitro groups is 1. The molecule has 0 aliphatic carbocycles. The van der Waals surface area contributed by atoms with Crippen LogP contribution in [0, 0.1) is 10.1 Å². The number of halogens is 2. The Morgan fingerprint density at radius 2 is 1.67 bits per heavy atom. The molecular weight excluding hydrogens is 507 g/mol. The number of benzene rings is 3. The van der Waals surface area contributed by atoms with Crippen LogP contribution in [-0.4, -0.2) is 54.9 Å². The third kappa shape index (κ3) is 5.53. The molecule has 1 N–H and O–H groups in total. The highest BCUT2D eigenvalue weighted by molar-refractivity contribution is 6.32. The number of piperazine rings is 1. The minimum Gasteiger partial charge on any atom is -0.496 e. The Bertz CT molecular complexity index is 1310. The van der Waals surface area contributed by atoms with Crippen molar-refractivity contribution in [3.8, 4) is 5.75 Å². The highest BCUT2D eigenvalue weighted by atomic mass is 35.5. The molecule has 1 aliphatic heterocycles. The molecule has 3 aromatic carbocycles. The van der Waals surface area contributed by atoms with Gasteiger partial charge >= 0.3 is 0 Å². The van der Waals surface area contributed by atoms with Gasteiger partial charge in [-0.3, -0.25) is 19.7 Å². The molecule has 2 amide bonds. The smallest absolute Gasteiger partial charge is 0.288 e. The minimum atomic E-state index is -0.632. The molecule has 0 radical (unpaired) electrons. The Kier molecular flexibility index (Phi) is 7.61. The number of rotatable bonds is 6. The van der Waals surface area contributed by atoms with Crippen LogP contribution in [0.1, 0.15) is 20.7 Å². The molecule has 0 bridgehead atoms. The quantitative estimate of drug-likeness (QED) is 0.351. The number of nitrogens with zero attached hydrogens (tertiary/aromatic N) is 3. The number of ether oxygens (including phenoxy) is 1. The van der Waals surface area contributed by atoms with Crippen LogP contribution in [0.15, 0.2) is 60.7 Å². The molecule has 11 heteroatoms. The van der Waals surface area contributed by atoms with Crippen LogP contribution in [0.25, 0.3) is 0 Å². The van der Waals surface area contributed by atoms with Crippen LogP contribution >= 0.6 is 23.2 Å². The monoisotopic (exact) mass is 528 g/mol. The molecular formula is C25H22Cl2N4O5. The minimum absolute atomic E-state index is 0.0330. The van der Waals surface area contributed by atoms with Gasteiger partial charge in [-0.2, -0.15) is 0 Å². The van der Waals surface area contributed by atoms with Gasteiger partial charge in [-0.15, -0.1) is 0 Å². The van der Waals surface area contributed by atoms with Crippen molar-refractivity contribution in [2.45, 2.75) is 0 Å². The number of hydrogen-bond donors (Lipinski definition) is 1. The molecule has 4 rings (SSSR count). The molecule has 0 spiro atoms. The summed E-state index contributed by atoms with van der Waals surface area (Å²) < 4.78 is 5.31. The van der Waals surface area contributed by atoms with Crippen molar-refractivity contribution in [1.29, 1.82) is 0 Å². The number of methoxy groups -OCH3 is 1. The zero-order valence-electron chi connectivity index (χ0n) is 19.2. The van der Waals surface area contributed by atoms with Crippen LogP contribution in [0.5, 0.6) is 5.75 Å². The second kappa shape index (κ2) is 10.8. The van der Waals surface area contributed by atoms with Gasteiger partial charge < -0.3 is 19.9 Å². The van der Waals surface area contributed by atoms with Crippen molar-refractivity contribution in [2.24, 2.45) is 0 Å². The number of nitrogens with one attached hydrogen (secondary N) is 1. The van der Waals surface area contributed by atoms with Crippen LogP contribution in [0.2, 0.25) is 10.0 Å². The molecule has 3 aromatic rings. The van der Waals surface area contributed by atoms with Crippen molar-refractivity contribution in [3.63, 3.8) is 0 Å². The van der Waals surface area contributed by atoms with E-state index in [-0.39, 0.29) is 22.2 Å². The Balaban J connectivity index is 1.37. The Labute approximate surface area is 217 Å². The van der Waals surface area contributed by atoms with Gasteiger partial charge in [0.2, 0.25) is 0 Å². The number of carbonyl (C=O) groups is 2. The van der Waals surface area contributed by atoms with Gasteiger partial charge in [0.05, 0.1) is 17.6 Å². The van der Waals surface area contributed by atoms with Gasteiger partial charge in [0.15, 0.2) is 0 Å². The van der Waals surface area contributed by atoms with Gasteiger partial charge in [-0.1, -0.05) is 23.2 Å². The summed E-state index contributed by atoms with van der Waals surface area (Å²) in [6.45, 7) is 2.33. The fourth-order valence-electron chi connectivity index (χ4n) is 3.94. The van der Waals surface area contributed by atoms with Crippen molar-refractivity contribution in [1.82, 2.24) is 4.90 Å². The number of nitro benzene ring substituents is 1. The second-order valence-corrected chi connectivity index (χ2v) is 8.89. The first-order valence-corrected chi connectivity index (χ1v) is 11.8. The first-order valence-electron chi connectivity index (χ1n) is 11.0. The van der Waals surface area contributed by atoms with Gasteiger partial charge in [-0.05, 0) is 54.6 Å². The van der Waals surface area contributed by atoms with Gasteiger partial charge in [0, 0.05) is 54.2 Å². The van der Waals surface area contributed by atoms with E-state index < -0.39 is 10.8 Å². The molecule has 0 unspecified atom stereocenters. The van der Waals surface area contributed by atoms with Gasteiger partial charge in [0.25, 0.3) is 17.5 Å². The first-order chi connectivity index (χ1) is 17.3. The SMILES string of the molecule is COc1ccc(Cl)cc1C(=O)N1CCN(c2ccc(NC(=O)c3ccc(Cl)c([N+](=O)[O-])c3)cc2)CC1. The van der Waals surface area contributed by atoms with E-state index in [9.17, 15) is 19.7 Å². The van der Waals surface area contributed by atoms with E-state index in [1.54, 1.807) is 35.2 Å². The second-order valence-electron chi connectivity index (χ2n) is 8.05. The maximum atomic E-state index is 13.0. The summed E-state index contributed by atoms with van der Waals surface area (Å²) in [6.07, 6.45) is 0. The van der Waals surface area contributed by atoms with E-state index in [1.807, 2.05) is 12.1 Å². The number of anilines is 2. The standard InChI is InChI=1S/C25H22Cl2N4O5/c1-36-23-9-3-17(26)15-20(23)25(33)30-12-10-29(11-13-30)19-6-4-18(5-7-19)28-24(32)16-2-8-21(27)22(14-16)31(34)35/h2-9,14-15H,10-13H2,1H3,(H,28,32). The van der Waals surface area contributed by atoms with E-state index in [0.717, 1.165) is 11.8 Å². The Morgan fingerprint density at radius 1 is 0.972 bits per heavy atom. The summed E-state index contributed by atoms with van der Waals surface area (Å²) in [6, 6.07) is 16.1. The third-order valence-corrected chi connectivity index (χ3v) is 6.41. The molecule has 1 aliphatic rings. The zero-order chi connectivity index (χ0) is 25.8. The molecule has 0 saturated carbocycles. The Morgan fingerprint density at radius 3 is 2.31 bits per heavy atom. The van der Waals surface area contributed by atoms with Crippen LogP contribution in [0.4, 0.5) is 17.1 Å². The average molecular weight is 529 g/mol. The molecule has 0 atom stereocenters. The van der Waals surface area contributed by atoms with E-state index >= 15 is 0 Å². The normalized spacial score (nSPS) is 13.3. The summed E-state index contributed by atoms with van der Waals surface area (Å²) in [7, 11) is 1.52. The zero-order valence-corrected chi connectivity index (χ0v) is 20.8. The maximum absolute atomic E-state index is 13.0. The lowest BCUT2D eigenvalue weighted by Crippen LogP contribution is -2.48. The molecule has 1 fully saturated rings. The summed E-state index contributed by atoms with van der Waals surface area (Å²) in [5, 5.41) is 14.2. The predicted octanol–water partition coefficient (Wildman–Crippen LogP) is 5.12. The lowest BCUT2D eigenvalue weighted by Gasteiger charge is -2.36. The third-order valence-electron chi connectivity index (χ3n) is 5.85. The van der Waals surface area contributed by atoms with Crippen molar-refractivity contribution in [2.75, 3.05) is 43.5 Å². The molecule has 186 valence electrons. The van der Waals surface area contributed by atoms with Crippen molar-refractivity contribution < 1.29 is 19.2 Å². The number of amides is 2. The van der Waals surface area contributed by atoms with E-state index in [2.05, 4.69) is 10.2 Å². The summed E-state index contributed by atoms with van der Waals surface area (Å²) >= 11 is 11.9. The highest BCUT2D eigenvalue weighted by Gasteiger charge is 2.25. The van der Waals surface area contributed by atoms with E-state index in [4.69, 9.17) is 27.9 Å². The van der Waals surface area contributed by atoms with Crippen LogP contribution < -0.4 is 15.0 Å². The van der Waals surface area contributed by atoms with Crippen molar-refractivity contribution in [3.05, 3.63) is 92.0 Å². The van der Waals surface area contributed by atoms with Crippen LogP contribution in [0.3, 0.4) is 0 Å². The van der Waals surface area contributed by atoms with Crippen LogP contribution in [-0.2, 0) is 0 Å². The fourth-order valence-corrected chi connectivity index (χ4v) is 4.30. The molecule has 1 heterocycles. The first kappa shape index (κ1) is 25.3. The Hall–Kier alpha value is -3.82. The van der Waals surface area contributed by atoms with Crippen molar-refractivity contribution >= 4 is 52.1 Å². The molecule has 36 heavy (non-hydrogen) atoms. The largest absolute Gasteiger partial charge is 0.496 e. The molecule has 1 saturated heterocycles. The fraction of sp³-hybridized carbons (Fsp3) is 0.200. The lowest BCUT2D eigenvalue weighted by molar-refractivity contribution is -0.384. The highest BCUT2D eigenvalue weighted by Crippen LogP contribution is 2.27. The van der Waals surface area contributed by atoms with Gasteiger partial charge in [-0.25, -0.2) is 0 Å². The lowest BCUT2D eigenvalue weighted by atomic mass is 10.1. The van der Waals surface area contributed by atoms with E-state index in [1.165, 1.54) is 19.2 Å². The summed E-state index contributed by atoms with van der Waals surface area (Å²) in [4.78, 5) is 39.9. The summed E-state index contributed by atoms with van der Waals surface area (Å²) in [5.74, 6) is -0.127. The molecule has 0 aromatic heterocycles. The van der Waals surface area contributed by atoms with E-state index in [0.29, 0.717) is 48.2 Å². The number of carbonyl (C=O) groups excluding carboxylic acids is 2. The number of hydrogen-bond acceptors (Lipinski definition) is 6. The summed E-state index contributed by atoms with van der Waals surface area (Å²) in [5.41, 5.74) is 1.73. The topological polar surface area (TPSA) is 105 Å². The average Bonchev–Trinajstić information content (AvgIpc) is 2.89. The predicted molar refractivity (Wildman–Crippen MR) is 139 cm³/mol.